The maximum absolute atomic E-state index is 12.8. The number of benzene rings is 2. The van der Waals surface area contributed by atoms with Gasteiger partial charge in [-0.3, -0.25) is 4.79 Å². The maximum atomic E-state index is 12.8. The van der Waals surface area contributed by atoms with E-state index in [9.17, 15) is 9.59 Å². The predicted molar refractivity (Wildman–Crippen MR) is 120 cm³/mol. The second kappa shape index (κ2) is 9.39. The number of hydrogen-bond donors (Lipinski definition) is 2. The summed E-state index contributed by atoms with van der Waals surface area (Å²) in [5.41, 5.74) is 1.48. The van der Waals surface area contributed by atoms with E-state index in [1.807, 2.05) is 39.0 Å². The van der Waals surface area contributed by atoms with Crippen molar-refractivity contribution in [2.75, 3.05) is 23.7 Å². The van der Waals surface area contributed by atoms with E-state index in [1.165, 1.54) is 0 Å². The lowest BCUT2D eigenvalue weighted by molar-refractivity contribution is 0.0210. The molecule has 2 N–H and O–H groups in total. The molecule has 1 saturated heterocycles. The monoisotopic (exact) mass is 429 g/mol. The number of hydrogen-bond acceptors (Lipinski definition) is 4. The van der Waals surface area contributed by atoms with E-state index in [-0.39, 0.29) is 18.0 Å². The van der Waals surface area contributed by atoms with Crippen LogP contribution < -0.4 is 10.6 Å². The Balaban J connectivity index is 1.60. The Labute approximate surface area is 182 Å². The lowest BCUT2D eigenvalue weighted by Gasteiger charge is -2.34. The highest BCUT2D eigenvalue weighted by Gasteiger charge is 2.27. The van der Waals surface area contributed by atoms with E-state index in [0.29, 0.717) is 29.4 Å². The molecule has 0 aromatic heterocycles. The first-order valence-corrected chi connectivity index (χ1v) is 10.5. The van der Waals surface area contributed by atoms with Gasteiger partial charge in [-0.2, -0.15) is 0 Å². The highest BCUT2D eigenvalue weighted by Crippen LogP contribution is 2.23. The minimum Gasteiger partial charge on any atom is -0.444 e. The second-order valence-electron chi connectivity index (χ2n) is 8.40. The van der Waals surface area contributed by atoms with Crippen molar-refractivity contribution >= 4 is 35.0 Å². The zero-order valence-electron chi connectivity index (χ0n) is 17.6. The lowest BCUT2D eigenvalue weighted by Crippen LogP contribution is -2.44. The topological polar surface area (TPSA) is 70.7 Å². The van der Waals surface area contributed by atoms with Gasteiger partial charge in [0.2, 0.25) is 0 Å². The zero-order chi connectivity index (χ0) is 21.7. The van der Waals surface area contributed by atoms with Crippen LogP contribution in [-0.4, -0.2) is 41.6 Å². The van der Waals surface area contributed by atoms with Gasteiger partial charge in [0, 0.05) is 35.5 Å². The quantitative estimate of drug-likeness (QED) is 0.682. The molecule has 0 spiro atoms. The van der Waals surface area contributed by atoms with Crippen molar-refractivity contribution < 1.29 is 14.3 Å². The molecule has 30 heavy (non-hydrogen) atoms. The van der Waals surface area contributed by atoms with Gasteiger partial charge in [0.15, 0.2) is 0 Å². The molecule has 0 bridgehead atoms. The third-order valence-electron chi connectivity index (χ3n) is 4.76. The maximum Gasteiger partial charge on any atom is 0.410 e. The van der Waals surface area contributed by atoms with Gasteiger partial charge in [0.05, 0.1) is 5.56 Å². The SMILES string of the molecule is CC(C)(C)OC(=O)N1CCC(Nc2ccccc2C(=O)Nc2cccc(Cl)c2)CC1. The van der Waals surface area contributed by atoms with E-state index in [0.717, 1.165) is 18.5 Å². The van der Waals surface area contributed by atoms with Crippen molar-refractivity contribution in [1.29, 1.82) is 0 Å². The number of likely N-dealkylation sites (tertiary alicyclic amines) is 1. The fourth-order valence-electron chi connectivity index (χ4n) is 3.32. The number of halogens is 1. The third-order valence-corrected chi connectivity index (χ3v) is 5.00. The Hall–Kier alpha value is -2.73. The summed E-state index contributed by atoms with van der Waals surface area (Å²) in [6.45, 7) is 6.83. The van der Waals surface area contributed by atoms with Crippen LogP contribution in [0.25, 0.3) is 0 Å². The van der Waals surface area contributed by atoms with E-state index in [4.69, 9.17) is 16.3 Å². The molecule has 0 unspecified atom stereocenters. The number of para-hydroxylation sites is 1. The standard InChI is InChI=1S/C23H28ClN3O3/c1-23(2,3)30-22(29)27-13-11-17(12-14-27)25-20-10-5-4-9-19(20)21(28)26-18-8-6-7-16(24)15-18/h4-10,15,17,25H,11-14H2,1-3H3,(H,26,28). The molecule has 0 saturated carbocycles. The van der Waals surface area contributed by atoms with Crippen molar-refractivity contribution in [1.82, 2.24) is 4.90 Å². The molecule has 6 nitrogen and oxygen atoms in total. The summed E-state index contributed by atoms with van der Waals surface area (Å²) < 4.78 is 5.45. The van der Waals surface area contributed by atoms with Crippen molar-refractivity contribution in [2.24, 2.45) is 0 Å². The smallest absolute Gasteiger partial charge is 0.410 e. The molecule has 1 heterocycles. The average molecular weight is 430 g/mol. The van der Waals surface area contributed by atoms with E-state index in [2.05, 4.69) is 10.6 Å². The molecule has 0 radical (unpaired) electrons. The van der Waals surface area contributed by atoms with Crippen LogP contribution in [0.4, 0.5) is 16.2 Å². The predicted octanol–water partition coefficient (Wildman–Crippen LogP) is 5.40. The first-order valence-electron chi connectivity index (χ1n) is 10.1. The first-order chi connectivity index (χ1) is 14.2. The molecule has 3 rings (SSSR count). The number of nitrogens with zero attached hydrogens (tertiary/aromatic N) is 1. The molecule has 0 atom stereocenters. The van der Waals surface area contributed by atoms with Gasteiger partial charge >= 0.3 is 6.09 Å². The molecule has 1 aliphatic heterocycles. The highest BCUT2D eigenvalue weighted by atomic mass is 35.5. The summed E-state index contributed by atoms with van der Waals surface area (Å²) in [4.78, 5) is 26.8. The van der Waals surface area contributed by atoms with Gasteiger partial charge in [-0.25, -0.2) is 4.79 Å². The summed E-state index contributed by atoms with van der Waals surface area (Å²) >= 11 is 6.00. The minimum absolute atomic E-state index is 0.170. The minimum atomic E-state index is -0.499. The molecule has 1 aliphatic rings. The van der Waals surface area contributed by atoms with Gasteiger partial charge < -0.3 is 20.3 Å². The van der Waals surface area contributed by atoms with Crippen molar-refractivity contribution in [3.63, 3.8) is 0 Å². The molecule has 1 fully saturated rings. The Morgan fingerprint density at radius 3 is 2.43 bits per heavy atom. The van der Waals surface area contributed by atoms with Gasteiger partial charge in [-0.15, -0.1) is 0 Å². The van der Waals surface area contributed by atoms with Crippen LogP contribution in [0.2, 0.25) is 5.02 Å². The number of carbonyl (C=O) groups is 2. The van der Waals surface area contributed by atoms with Crippen LogP contribution in [0.3, 0.4) is 0 Å². The Morgan fingerprint density at radius 2 is 1.77 bits per heavy atom. The van der Waals surface area contributed by atoms with Crippen molar-refractivity contribution in [3.05, 3.63) is 59.1 Å². The average Bonchev–Trinajstić information content (AvgIpc) is 2.67. The van der Waals surface area contributed by atoms with E-state index in [1.54, 1.807) is 35.2 Å². The largest absolute Gasteiger partial charge is 0.444 e. The third kappa shape index (κ3) is 6.13. The van der Waals surface area contributed by atoms with E-state index >= 15 is 0 Å². The molecule has 2 aromatic carbocycles. The molecule has 0 aliphatic carbocycles. The van der Waals surface area contributed by atoms with Gasteiger partial charge in [0.1, 0.15) is 5.60 Å². The van der Waals surface area contributed by atoms with Crippen LogP contribution >= 0.6 is 11.6 Å². The van der Waals surface area contributed by atoms with Crippen LogP contribution in [0.5, 0.6) is 0 Å². The normalized spacial score (nSPS) is 14.9. The van der Waals surface area contributed by atoms with E-state index < -0.39 is 5.60 Å². The fraction of sp³-hybridized carbons (Fsp3) is 0.391. The van der Waals surface area contributed by atoms with Crippen LogP contribution in [-0.2, 0) is 4.74 Å². The number of ether oxygens (including phenoxy) is 1. The summed E-state index contributed by atoms with van der Waals surface area (Å²) in [7, 11) is 0. The fourth-order valence-corrected chi connectivity index (χ4v) is 3.51. The van der Waals surface area contributed by atoms with Gasteiger partial charge in [-0.05, 0) is 63.9 Å². The Morgan fingerprint density at radius 1 is 1.07 bits per heavy atom. The number of rotatable bonds is 4. The number of carbonyl (C=O) groups excluding carboxylic acids is 2. The van der Waals surface area contributed by atoms with Gasteiger partial charge in [-0.1, -0.05) is 29.8 Å². The summed E-state index contributed by atoms with van der Waals surface area (Å²) in [5.74, 6) is -0.202. The molecule has 2 amide bonds. The Bertz CT molecular complexity index is 903. The Kier molecular flexibility index (Phi) is 6.87. The number of anilines is 2. The highest BCUT2D eigenvalue weighted by molar-refractivity contribution is 6.31. The summed E-state index contributed by atoms with van der Waals surface area (Å²) in [6.07, 6.45) is 1.29. The van der Waals surface area contributed by atoms with Crippen molar-refractivity contribution in [2.45, 2.75) is 45.3 Å². The number of nitrogens with one attached hydrogen (secondary N) is 2. The molecule has 2 aromatic rings. The summed E-state index contributed by atoms with van der Waals surface area (Å²) in [6, 6.07) is 14.7. The molecule has 160 valence electrons. The molecule has 7 heteroatoms. The number of amides is 2. The molecular formula is C23H28ClN3O3. The lowest BCUT2D eigenvalue weighted by atomic mass is 10.0. The molecular weight excluding hydrogens is 402 g/mol. The first kappa shape index (κ1) is 22.0. The summed E-state index contributed by atoms with van der Waals surface area (Å²) in [5, 5.41) is 6.92. The zero-order valence-corrected chi connectivity index (χ0v) is 18.3. The van der Waals surface area contributed by atoms with Crippen molar-refractivity contribution in [3.8, 4) is 0 Å². The van der Waals surface area contributed by atoms with Crippen LogP contribution in [0.1, 0.15) is 44.0 Å². The second-order valence-corrected chi connectivity index (χ2v) is 8.83. The van der Waals surface area contributed by atoms with Crippen LogP contribution in [0, 0.1) is 0 Å². The number of piperidine rings is 1. The van der Waals surface area contributed by atoms with Crippen LogP contribution in [0.15, 0.2) is 48.5 Å². The van der Waals surface area contributed by atoms with Gasteiger partial charge in [0.25, 0.3) is 5.91 Å².